The van der Waals surface area contributed by atoms with Gasteiger partial charge in [0.15, 0.2) is 0 Å². The maximum atomic E-state index is 12.7. The predicted molar refractivity (Wildman–Crippen MR) is 83.5 cm³/mol. The van der Waals surface area contributed by atoms with Crippen LogP contribution in [0.3, 0.4) is 0 Å². The second-order valence-corrected chi connectivity index (χ2v) is 7.73. The molecule has 0 unspecified atom stereocenters. The Kier molecular flexibility index (Phi) is 3.77. The summed E-state index contributed by atoms with van der Waals surface area (Å²) in [7, 11) is -3.54. The quantitative estimate of drug-likeness (QED) is 0.887. The zero-order chi connectivity index (χ0) is 15.0. The Morgan fingerprint density at radius 2 is 1.86 bits per heavy atom. The summed E-state index contributed by atoms with van der Waals surface area (Å²) in [4.78, 5) is 0.272. The minimum Gasteiger partial charge on any atom is -0.508 e. The van der Waals surface area contributed by atoms with Crippen LogP contribution in [0, 0.1) is 0 Å². The fourth-order valence-electron chi connectivity index (χ4n) is 2.52. The Hall–Kier alpha value is -1.37. The average molecular weight is 368 g/mol. The number of aromatic hydroxyl groups is 1. The van der Waals surface area contributed by atoms with Crippen molar-refractivity contribution in [1.29, 1.82) is 0 Å². The van der Waals surface area contributed by atoms with E-state index in [-0.39, 0.29) is 17.2 Å². The maximum absolute atomic E-state index is 12.7. The first-order chi connectivity index (χ1) is 9.98. The van der Waals surface area contributed by atoms with Gasteiger partial charge in [0.25, 0.3) is 0 Å². The first-order valence-electron chi connectivity index (χ1n) is 6.54. The molecule has 0 fully saturated rings. The van der Waals surface area contributed by atoms with E-state index in [0.717, 1.165) is 11.1 Å². The maximum Gasteiger partial charge on any atom is 0.244 e. The molecule has 2 aromatic carbocycles. The number of fused-ring (bicyclic) bond motifs is 1. The lowest BCUT2D eigenvalue weighted by atomic mass is 10.0. The Labute approximate surface area is 132 Å². The second kappa shape index (κ2) is 5.44. The van der Waals surface area contributed by atoms with Crippen molar-refractivity contribution in [3.8, 4) is 5.75 Å². The van der Waals surface area contributed by atoms with E-state index in [1.54, 1.807) is 36.4 Å². The van der Waals surface area contributed by atoms with Gasteiger partial charge in [-0.1, -0.05) is 18.2 Å². The number of sulfonamides is 1. The summed E-state index contributed by atoms with van der Waals surface area (Å²) in [5.41, 5.74) is 1.95. The van der Waals surface area contributed by atoms with Gasteiger partial charge in [0.2, 0.25) is 10.0 Å². The lowest BCUT2D eigenvalue weighted by Gasteiger charge is -2.28. The Bertz CT molecular complexity index is 789. The molecule has 0 aliphatic carbocycles. The molecule has 0 radical (unpaired) electrons. The van der Waals surface area contributed by atoms with Crippen LogP contribution in [0.4, 0.5) is 0 Å². The van der Waals surface area contributed by atoms with Crippen LogP contribution >= 0.6 is 15.9 Å². The zero-order valence-electron chi connectivity index (χ0n) is 11.2. The van der Waals surface area contributed by atoms with E-state index in [0.29, 0.717) is 17.4 Å². The molecule has 4 nitrogen and oxygen atoms in total. The first-order valence-corrected chi connectivity index (χ1v) is 8.77. The average Bonchev–Trinajstić information content (AvgIpc) is 2.46. The molecule has 0 amide bonds. The second-order valence-electron chi connectivity index (χ2n) is 4.97. The molecule has 21 heavy (non-hydrogen) atoms. The van der Waals surface area contributed by atoms with E-state index in [2.05, 4.69) is 15.9 Å². The van der Waals surface area contributed by atoms with Crippen LogP contribution in [0.2, 0.25) is 0 Å². The number of hydrogen-bond acceptors (Lipinski definition) is 3. The minimum atomic E-state index is -3.54. The van der Waals surface area contributed by atoms with Gasteiger partial charge in [0, 0.05) is 17.6 Å². The highest BCUT2D eigenvalue weighted by atomic mass is 79.9. The van der Waals surface area contributed by atoms with Gasteiger partial charge in [0.05, 0.1) is 4.90 Å². The highest BCUT2D eigenvalue weighted by Crippen LogP contribution is 2.30. The van der Waals surface area contributed by atoms with Crippen molar-refractivity contribution in [3.63, 3.8) is 0 Å². The highest BCUT2D eigenvalue weighted by Gasteiger charge is 2.29. The lowest BCUT2D eigenvalue weighted by Crippen LogP contribution is -2.36. The van der Waals surface area contributed by atoms with Crippen LogP contribution in [0.5, 0.6) is 5.75 Å². The van der Waals surface area contributed by atoms with Crippen LogP contribution in [0.25, 0.3) is 0 Å². The molecule has 1 aliphatic rings. The molecule has 1 N–H and O–H groups in total. The number of nitrogens with zero attached hydrogens (tertiary/aromatic N) is 1. The van der Waals surface area contributed by atoms with Crippen LogP contribution < -0.4 is 0 Å². The molecule has 6 heteroatoms. The van der Waals surface area contributed by atoms with Crippen molar-refractivity contribution in [2.75, 3.05) is 6.54 Å². The van der Waals surface area contributed by atoms with Crippen molar-refractivity contribution in [2.24, 2.45) is 0 Å². The van der Waals surface area contributed by atoms with Gasteiger partial charge in [-0.15, -0.1) is 0 Å². The van der Waals surface area contributed by atoms with E-state index >= 15 is 0 Å². The zero-order valence-corrected chi connectivity index (χ0v) is 13.6. The van der Waals surface area contributed by atoms with Gasteiger partial charge in [-0.25, -0.2) is 8.42 Å². The summed E-state index contributed by atoms with van der Waals surface area (Å²) < 4.78 is 27.5. The van der Waals surface area contributed by atoms with E-state index < -0.39 is 10.0 Å². The van der Waals surface area contributed by atoms with E-state index in [1.807, 2.05) is 6.07 Å². The van der Waals surface area contributed by atoms with Crippen molar-refractivity contribution >= 4 is 26.0 Å². The third kappa shape index (κ3) is 2.71. The molecule has 1 heterocycles. The fourth-order valence-corrected chi connectivity index (χ4v) is 4.90. The summed E-state index contributed by atoms with van der Waals surface area (Å²) in [5.74, 6) is 0.161. The molecule has 0 bridgehead atoms. The predicted octanol–water partition coefficient (Wildman–Crippen LogP) is 2.90. The van der Waals surface area contributed by atoms with Crippen LogP contribution in [-0.4, -0.2) is 24.4 Å². The summed E-state index contributed by atoms with van der Waals surface area (Å²) in [6.07, 6.45) is 0.652. The molecule has 110 valence electrons. The van der Waals surface area contributed by atoms with Crippen LogP contribution in [0.1, 0.15) is 11.1 Å². The molecular weight excluding hydrogens is 354 g/mol. The third-order valence-electron chi connectivity index (χ3n) is 3.62. The monoisotopic (exact) mass is 367 g/mol. The van der Waals surface area contributed by atoms with Gasteiger partial charge in [-0.2, -0.15) is 4.31 Å². The summed E-state index contributed by atoms with van der Waals surface area (Å²) >= 11 is 3.30. The van der Waals surface area contributed by atoms with Crippen molar-refractivity contribution < 1.29 is 13.5 Å². The van der Waals surface area contributed by atoms with Crippen molar-refractivity contribution in [1.82, 2.24) is 4.31 Å². The molecule has 3 rings (SSSR count). The van der Waals surface area contributed by atoms with Gasteiger partial charge in [-0.3, -0.25) is 0 Å². The number of phenols is 1. The minimum absolute atomic E-state index is 0.161. The number of benzene rings is 2. The first kappa shape index (κ1) is 14.6. The largest absolute Gasteiger partial charge is 0.508 e. The Balaban J connectivity index is 1.97. The topological polar surface area (TPSA) is 57.6 Å². The van der Waals surface area contributed by atoms with Gasteiger partial charge >= 0.3 is 0 Å². The molecule has 2 aromatic rings. The van der Waals surface area contributed by atoms with Gasteiger partial charge < -0.3 is 5.11 Å². The lowest BCUT2D eigenvalue weighted by molar-refractivity contribution is 0.388. The van der Waals surface area contributed by atoms with Crippen molar-refractivity contribution in [2.45, 2.75) is 17.9 Å². The highest BCUT2D eigenvalue weighted by molar-refractivity contribution is 9.10. The number of halogens is 1. The Morgan fingerprint density at radius 3 is 2.62 bits per heavy atom. The molecule has 0 atom stereocenters. The molecule has 0 saturated heterocycles. The molecule has 0 spiro atoms. The fraction of sp³-hybridized carbons (Fsp3) is 0.200. The normalized spacial score (nSPS) is 15.7. The van der Waals surface area contributed by atoms with E-state index in [1.165, 1.54) is 4.31 Å². The molecule has 0 saturated carbocycles. The molecule has 0 aromatic heterocycles. The summed E-state index contributed by atoms with van der Waals surface area (Å²) in [5, 5.41) is 9.56. The van der Waals surface area contributed by atoms with E-state index in [4.69, 9.17) is 0 Å². The number of phenolic OH excluding ortho intramolecular Hbond substituents is 1. The van der Waals surface area contributed by atoms with Crippen LogP contribution in [0.15, 0.2) is 51.8 Å². The van der Waals surface area contributed by atoms with Crippen LogP contribution in [-0.2, 0) is 23.0 Å². The molecular formula is C15H14BrNO3S. The Morgan fingerprint density at radius 1 is 1.10 bits per heavy atom. The smallest absolute Gasteiger partial charge is 0.244 e. The summed E-state index contributed by atoms with van der Waals surface area (Å²) in [6.45, 7) is 0.731. The standard InChI is InChI=1S/C15H14BrNO3S/c16-14-3-1-2-4-15(14)21(19,20)17-8-7-11-5-6-13(18)9-12(11)10-17/h1-6,9,18H,7-8,10H2. The number of rotatable bonds is 2. The van der Waals surface area contributed by atoms with Crippen molar-refractivity contribution in [3.05, 3.63) is 58.1 Å². The SMILES string of the molecule is O=S(=O)(c1ccccc1Br)N1CCc2ccc(O)cc2C1. The van der Waals surface area contributed by atoms with E-state index in [9.17, 15) is 13.5 Å². The molecule has 1 aliphatic heterocycles. The third-order valence-corrected chi connectivity index (χ3v) is 6.48. The van der Waals surface area contributed by atoms with Gasteiger partial charge in [0.1, 0.15) is 5.75 Å². The summed E-state index contributed by atoms with van der Waals surface area (Å²) in [6, 6.07) is 11.9. The number of hydrogen-bond donors (Lipinski definition) is 1. The van der Waals surface area contributed by atoms with Gasteiger partial charge in [-0.05, 0) is 57.7 Å².